The smallest absolute Gasteiger partial charge is 0.338 e. The molecule has 0 heterocycles. The van der Waals surface area contributed by atoms with Crippen LogP contribution >= 0.6 is 0 Å². The predicted molar refractivity (Wildman–Crippen MR) is 83.1 cm³/mol. The third-order valence-electron chi connectivity index (χ3n) is 2.82. The van der Waals surface area contributed by atoms with Crippen molar-refractivity contribution in [3.63, 3.8) is 0 Å². The zero-order valence-electron chi connectivity index (χ0n) is 12.2. The van der Waals surface area contributed by atoms with Crippen molar-refractivity contribution in [1.29, 1.82) is 0 Å². The van der Waals surface area contributed by atoms with E-state index in [1.54, 1.807) is 0 Å². The fourth-order valence-electron chi connectivity index (χ4n) is 1.74. The first-order chi connectivity index (χ1) is 11.3. The van der Waals surface area contributed by atoms with Crippen molar-refractivity contribution < 1.29 is 27.1 Å². The third-order valence-corrected chi connectivity index (χ3v) is 4.20. The van der Waals surface area contributed by atoms with Gasteiger partial charge < -0.3 is 10.5 Å². The summed E-state index contributed by atoms with van der Waals surface area (Å²) in [5, 5.41) is 0. The van der Waals surface area contributed by atoms with Gasteiger partial charge in [0.25, 0.3) is 15.9 Å². The number of halogens is 1. The van der Waals surface area contributed by atoms with Crippen LogP contribution in [0.2, 0.25) is 0 Å². The van der Waals surface area contributed by atoms with Crippen molar-refractivity contribution in [2.24, 2.45) is 5.73 Å². The number of carbonyl (C=O) groups excluding carboxylic acids is 2. The fraction of sp³-hybridized carbons (Fsp3) is 0.0667. The minimum atomic E-state index is -3.99. The van der Waals surface area contributed by atoms with E-state index in [0.29, 0.717) is 0 Å². The van der Waals surface area contributed by atoms with Crippen molar-refractivity contribution >= 4 is 27.6 Å². The van der Waals surface area contributed by atoms with Crippen molar-refractivity contribution in [2.45, 2.75) is 4.90 Å². The Hall–Kier alpha value is -2.94. The van der Waals surface area contributed by atoms with E-state index in [1.165, 1.54) is 30.3 Å². The Bertz CT molecular complexity index is 866. The molecule has 0 radical (unpaired) electrons. The van der Waals surface area contributed by atoms with Gasteiger partial charge in [-0.15, -0.1) is 0 Å². The van der Waals surface area contributed by atoms with Crippen LogP contribution in [0, 0.1) is 5.82 Å². The summed E-state index contributed by atoms with van der Waals surface area (Å²) in [5.74, 6) is -2.21. The van der Waals surface area contributed by atoms with E-state index < -0.39 is 34.3 Å². The Balaban J connectivity index is 2.21. The second-order valence-corrected chi connectivity index (χ2v) is 6.37. The zero-order chi connectivity index (χ0) is 17.7. The summed E-state index contributed by atoms with van der Waals surface area (Å²) in [6, 6.07) is 9.78. The molecule has 2 aromatic rings. The number of nitrogens with one attached hydrogen (secondary N) is 1. The predicted octanol–water partition coefficient (Wildman–Crippen LogP) is 1.27. The van der Waals surface area contributed by atoms with E-state index in [4.69, 9.17) is 5.73 Å². The Morgan fingerprint density at radius 2 is 1.79 bits per heavy atom. The van der Waals surface area contributed by atoms with Gasteiger partial charge in [0, 0.05) is 5.69 Å². The number of esters is 1. The normalized spacial score (nSPS) is 10.9. The fourth-order valence-corrected chi connectivity index (χ4v) is 2.85. The van der Waals surface area contributed by atoms with Gasteiger partial charge in [-0.1, -0.05) is 6.07 Å². The van der Waals surface area contributed by atoms with E-state index in [2.05, 4.69) is 9.46 Å². The first kappa shape index (κ1) is 17.4. The molecule has 3 N–H and O–H groups in total. The number of nitrogens with two attached hydrogens (primary N) is 1. The topological polar surface area (TPSA) is 116 Å². The summed E-state index contributed by atoms with van der Waals surface area (Å²) in [5.41, 5.74) is 4.97. The van der Waals surface area contributed by atoms with Gasteiger partial charge in [-0.2, -0.15) is 0 Å². The molecule has 0 aliphatic heterocycles. The summed E-state index contributed by atoms with van der Waals surface area (Å²) < 4.78 is 44.3. The number of primary amides is 1. The largest absolute Gasteiger partial charge is 0.452 e. The highest BCUT2D eigenvalue weighted by molar-refractivity contribution is 7.92. The molecule has 0 aliphatic carbocycles. The lowest BCUT2D eigenvalue weighted by Crippen LogP contribution is -2.21. The van der Waals surface area contributed by atoms with Gasteiger partial charge in [0.1, 0.15) is 5.82 Å². The minimum Gasteiger partial charge on any atom is -0.452 e. The van der Waals surface area contributed by atoms with Gasteiger partial charge in [-0.05, 0) is 42.5 Å². The highest BCUT2D eigenvalue weighted by atomic mass is 32.2. The maximum Gasteiger partial charge on any atom is 0.338 e. The molecule has 126 valence electrons. The van der Waals surface area contributed by atoms with Gasteiger partial charge in [-0.25, -0.2) is 17.6 Å². The molecule has 2 aromatic carbocycles. The minimum absolute atomic E-state index is 0.0572. The summed E-state index contributed by atoms with van der Waals surface area (Å²) in [4.78, 5) is 22.1. The van der Waals surface area contributed by atoms with E-state index >= 15 is 0 Å². The van der Waals surface area contributed by atoms with Gasteiger partial charge >= 0.3 is 5.97 Å². The van der Waals surface area contributed by atoms with Gasteiger partial charge in [0.2, 0.25) is 0 Å². The molecule has 0 fully saturated rings. The molecule has 0 aromatic heterocycles. The summed E-state index contributed by atoms with van der Waals surface area (Å²) in [6.07, 6.45) is 0. The molecule has 0 bridgehead atoms. The molecule has 0 atom stereocenters. The maximum absolute atomic E-state index is 12.9. The molecule has 0 unspecified atom stereocenters. The second kappa shape index (κ2) is 7.09. The monoisotopic (exact) mass is 352 g/mol. The van der Waals surface area contributed by atoms with Crippen LogP contribution in [0.15, 0.2) is 53.4 Å². The Kier molecular flexibility index (Phi) is 5.14. The average Bonchev–Trinajstić information content (AvgIpc) is 2.54. The Morgan fingerprint density at radius 1 is 1.12 bits per heavy atom. The van der Waals surface area contributed by atoms with Crippen LogP contribution in [-0.2, 0) is 19.6 Å². The van der Waals surface area contributed by atoms with Crippen molar-refractivity contribution in [3.05, 3.63) is 59.9 Å². The number of benzene rings is 2. The Labute approximate surface area is 137 Å². The standard InChI is InChI=1S/C15H13FN2O5S/c16-11-4-6-12(7-5-11)18-24(21,22)13-3-1-2-10(8-13)15(20)23-9-14(17)19/h1-8,18H,9H2,(H2,17,19). The average molecular weight is 352 g/mol. The number of ether oxygens (including phenoxy) is 1. The molecule has 0 spiro atoms. The lowest BCUT2D eigenvalue weighted by molar-refractivity contribution is -0.121. The molecule has 1 amide bonds. The van der Waals surface area contributed by atoms with Crippen molar-refractivity contribution in [3.8, 4) is 0 Å². The molecule has 9 heteroatoms. The SMILES string of the molecule is NC(=O)COC(=O)c1cccc(S(=O)(=O)Nc2ccc(F)cc2)c1. The third kappa shape index (κ3) is 4.53. The number of sulfonamides is 1. The van der Waals surface area contributed by atoms with Crippen LogP contribution in [0.5, 0.6) is 0 Å². The zero-order valence-corrected chi connectivity index (χ0v) is 13.0. The highest BCUT2D eigenvalue weighted by Crippen LogP contribution is 2.18. The number of amides is 1. The number of hydrogen-bond acceptors (Lipinski definition) is 5. The molecule has 0 saturated heterocycles. The van der Waals surface area contributed by atoms with Crippen LogP contribution in [0.3, 0.4) is 0 Å². The number of carbonyl (C=O) groups is 2. The van der Waals surface area contributed by atoms with Crippen LogP contribution in [-0.4, -0.2) is 26.9 Å². The molecule has 2 rings (SSSR count). The van der Waals surface area contributed by atoms with Gasteiger partial charge in [-0.3, -0.25) is 9.52 Å². The van der Waals surface area contributed by atoms with E-state index in [9.17, 15) is 22.4 Å². The van der Waals surface area contributed by atoms with Crippen LogP contribution in [0.1, 0.15) is 10.4 Å². The van der Waals surface area contributed by atoms with Gasteiger partial charge in [0.05, 0.1) is 10.5 Å². The lowest BCUT2D eigenvalue weighted by Gasteiger charge is -2.09. The van der Waals surface area contributed by atoms with E-state index in [0.717, 1.165) is 18.2 Å². The molecular formula is C15H13FN2O5S. The molecule has 0 saturated carbocycles. The quantitative estimate of drug-likeness (QED) is 0.760. The lowest BCUT2D eigenvalue weighted by atomic mass is 10.2. The summed E-state index contributed by atoms with van der Waals surface area (Å²) in [6.45, 7) is -0.607. The molecule has 7 nitrogen and oxygen atoms in total. The number of anilines is 1. The number of hydrogen-bond donors (Lipinski definition) is 2. The molecule has 0 aliphatic rings. The van der Waals surface area contributed by atoms with Crippen molar-refractivity contribution in [1.82, 2.24) is 0 Å². The number of rotatable bonds is 6. The van der Waals surface area contributed by atoms with Crippen molar-refractivity contribution in [2.75, 3.05) is 11.3 Å². The first-order valence-electron chi connectivity index (χ1n) is 6.62. The highest BCUT2D eigenvalue weighted by Gasteiger charge is 2.17. The van der Waals surface area contributed by atoms with E-state index in [-0.39, 0.29) is 16.1 Å². The second-order valence-electron chi connectivity index (χ2n) is 4.68. The Morgan fingerprint density at radius 3 is 2.42 bits per heavy atom. The van der Waals surface area contributed by atoms with Gasteiger partial charge in [0.15, 0.2) is 6.61 Å². The summed E-state index contributed by atoms with van der Waals surface area (Å²) >= 11 is 0. The summed E-state index contributed by atoms with van der Waals surface area (Å²) in [7, 11) is -3.99. The maximum atomic E-state index is 12.9. The first-order valence-corrected chi connectivity index (χ1v) is 8.10. The van der Waals surface area contributed by atoms with E-state index in [1.807, 2.05) is 0 Å². The van der Waals surface area contributed by atoms with Crippen LogP contribution in [0.4, 0.5) is 10.1 Å². The molecule has 24 heavy (non-hydrogen) atoms. The van der Waals surface area contributed by atoms with Crippen LogP contribution < -0.4 is 10.5 Å². The van der Waals surface area contributed by atoms with Crippen LogP contribution in [0.25, 0.3) is 0 Å². The molecular weight excluding hydrogens is 339 g/mol.